The molecule has 146 valence electrons. The first kappa shape index (κ1) is 21.3. The fraction of sp³-hybridized carbons (Fsp3) is 0.391. The van der Waals surface area contributed by atoms with E-state index in [1.54, 1.807) is 6.26 Å². The van der Waals surface area contributed by atoms with Gasteiger partial charge >= 0.3 is 0 Å². The van der Waals surface area contributed by atoms with E-state index in [-0.39, 0.29) is 5.41 Å². The lowest BCUT2D eigenvalue weighted by atomic mass is 9.92. The molecule has 0 amide bonds. The SMILES string of the molecule is CC(C)(COCc1ccccc1)/C(=C/OCc1ccccc1)O[Si](C)(C)C. The van der Waals surface area contributed by atoms with Crippen LogP contribution in [0.3, 0.4) is 0 Å². The van der Waals surface area contributed by atoms with Crippen molar-refractivity contribution in [1.29, 1.82) is 0 Å². The summed E-state index contributed by atoms with van der Waals surface area (Å²) in [6.45, 7) is 12.5. The van der Waals surface area contributed by atoms with Gasteiger partial charge in [0.1, 0.15) is 18.6 Å². The van der Waals surface area contributed by atoms with Gasteiger partial charge in [-0.2, -0.15) is 0 Å². The first-order chi connectivity index (χ1) is 12.8. The number of rotatable bonds is 10. The highest BCUT2D eigenvalue weighted by Crippen LogP contribution is 2.31. The Kier molecular flexibility index (Phi) is 7.69. The minimum absolute atomic E-state index is 0.272. The summed E-state index contributed by atoms with van der Waals surface area (Å²) in [6.07, 6.45) is 1.77. The molecule has 0 aliphatic rings. The van der Waals surface area contributed by atoms with E-state index in [1.165, 1.54) is 5.56 Å². The maximum atomic E-state index is 6.34. The van der Waals surface area contributed by atoms with Crippen molar-refractivity contribution in [2.24, 2.45) is 5.41 Å². The summed E-state index contributed by atoms with van der Waals surface area (Å²) < 4.78 is 18.2. The summed E-state index contributed by atoms with van der Waals surface area (Å²) in [7, 11) is -1.77. The molecule has 0 unspecified atom stereocenters. The first-order valence-electron chi connectivity index (χ1n) is 9.43. The van der Waals surface area contributed by atoms with E-state index >= 15 is 0 Å². The molecule has 0 aliphatic heterocycles. The molecule has 0 aromatic heterocycles. The molecule has 0 radical (unpaired) electrons. The molecule has 2 rings (SSSR count). The molecule has 0 saturated heterocycles. The minimum atomic E-state index is -1.77. The van der Waals surface area contributed by atoms with Crippen LogP contribution in [0.25, 0.3) is 0 Å². The molecule has 0 fully saturated rings. The molecular weight excluding hydrogens is 352 g/mol. The summed E-state index contributed by atoms with van der Waals surface area (Å²) in [5, 5.41) is 0. The van der Waals surface area contributed by atoms with Crippen LogP contribution in [0.1, 0.15) is 25.0 Å². The Morgan fingerprint density at radius 1 is 0.852 bits per heavy atom. The van der Waals surface area contributed by atoms with Crippen LogP contribution in [0.15, 0.2) is 72.7 Å². The third-order valence-electron chi connectivity index (χ3n) is 3.94. The van der Waals surface area contributed by atoms with Crippen LogP contribution in [0.2, 0.25) is 19.6 Å². The average Bonchev–Trinajstić information content (AvgIpc) is 2.61. The van der Waals surface area contributed by atoms with E-state index in [0.29, 0.717) is 19.8 Å². The third kappa shape index (κ3) is 8.02. The molecule has 3 nitrogen and oxygen atoms in total. The Balaban J connectivity index is 2.00. The van der Waals surface area contributed by atoms with Crippen molar-refractivity contribution in [2.45, 2.75) is 46.7 Å². The molecule has 0 saturated carbocycles. The van der Waals surface area contributed by atoms with Gasteiger partial charge in [-0.1, -0.05) is 74.5 Å². The molecule has 2 aromatic carbocycles. The van der Waals surface area contributed by atoms with Gasteiger partial charge in [-0.3, -0.25) is 0 Å². The average molecular weight is 385 g/mol. The Hall–Kier alpha value is -2.04. The lowest BCUT2D eigenvalue weighted by molar-refractivity contribution is 0.0463. The molecular formula is C23H32O3Si. The zero-order valence-corrected chi connectivity index (χ0v) is 18.2. The lowest BCUT2D eigenvalue weighted by Crippen LogP contribution is -2.32. The van der Waals surface area contributed by atoms with Gasteiger partial charge in [0.25, 0.3) is 0 Å². The van der Waals surface area contributed by atoms with Gasteiger partial charge in [0.15, 0.2) is 0 Å². The number of hydrogen-bond donors (Lipinski definition) is 0. The molecule has 0 aliphatic carbocycles. The Labute approximate surface area is 165 Å². The predicted octanol–water partition coefficient (Wildman–Crippen LogP) is 6.14. The Morgan fingerprint density at radius 3 is 1.89 bits per heavy atom. The summed E-state index contributed by atoms with van der Waals surface area (Å²) in [4.78, 5) is 0. The summed E-state index contributed by atoms with van der Waals surface area (Å²) in [5.41, 5.74) is 2.04. The minimum Gasteiger partial charge on any atom is -0.545 e. The van der Waals surface area contributed by atoms with Crippen LogP contribution >= 0.6 is 0 Å². The third-order valence-corrected chi connectivity index (χ3v) is 4.77. The van der Waals surface area contributed by atoms with Gasteiger partial charge in [0, 0.05) is 5.41 Å². The van der Waals surface area contributed by atoms with Crippen molar-refractivity contribution < 1.29 is 13.9 Å². The van der Waals surface area contributed by atoms with Gasteiger partial charge in [0.2, 0.25) is 8.32 Å². The molecule has 0 N–H and O–H groups in total. The standard InChI is InChI=1S/C23H32O3Si/c1-23(2,19-25-17-21-14-10-7-11-15-21)22(26-27(3,4)5)18-24-16-20-12-8-6-9-13-20/h6-15,18H,16-17,19H2,1-5H3/b22-18-. The smallest absolute Gasteiger partial charge is 0.241 e. The monoisotopic (exact) mass is 384 g/mol. The highest BCUT2D eigenvalue weighted by Gasteiger charge is 2.30. The van der Waals surface area contributed by atoms with Gasteiger partial charge < -0.3 is 13.9 Å². The fourth-order valence-electron chi connectivity index (χ4n) is 2.51. The largest absolute Gasteiger partial charge is 0.545 e. The predicted molar refractivity (Wildman–Crippen MR) is 114 cm³/mol. The van der Waals surface area contributed by atoms with Crippen LogP contribution in [-0.2, 0) is 27.1 Å². The zero-order chi connectivity index (χ0) is 19.8. The van der Waals surface area contributed by atoms with Crippen LogP contribution < -0.4 is 0 Å². The second-order valence-corrected chi connectivity index (χ2v) is 12.8. The number of benzene rings is 2. The quantitative estimate of drug-likeness (QED) is 0.364. The lowest BCUT2D eigenvalue weighted by Gasteiger charge is -2.32. The van der Waals surface area contributed by atoms with Gasteiger partial charge in [0.05, 0.1) is 13.2 Å². The first-order valence-corrected chi connectivity index (χ1v) is 12.8. The van der Waals surface area contributed by atoms with Crippen molar-refractivity contribution >= 4 is 8.32 Å². The van der Waals surface area contributed by atoms with E-state index in [1.807, 2.05) is 36.4 Å². The van der Waals surface area contributed by atoms with Crippen LogP contribution in [0.4, 0.5) is 0 Å². The van der Waals surface area contributed by atoms with Crippen molar-refractivity contribution in [2.75, 3.05) is 6.61 Å². The van der Waals surface area contributed by atoms with Crippen molar-refractivity contribution in [3.63, 3.8) is 0 Å². The van der Waals surface area contributed by atoms with E-state index < -0.39 is 8.32 Å². The summed E-state index contributed by atoms with van der Waals surface area (Å²) in [5.74, 6) is 0.852. The molecule has 27 heavy (non-hydrogen) atoms. The molecule has 0 heterocycles. The molecule has 0 spiro atoms. The van der Waals surface area contributed by atoms with Crippen molar-refractivity contribution in [1.82, 2.24) is 0 Å². The Bertz CT molecular complexity index is 703. The van der Waals surface area contributed by atoms with E-state index in [4.69, 9.17) is 13.9 Å². The highest BCUT2D eigenvalue weighted by atomic mass is 28.4. The van der Waals surface area contributed by atoms with Gasteiger partial charge in [-0.15, -0.1) is 0 Å². The number of ether oxygens (including phenoxy) is 2. The normalized spacial score (nSPS) is 12.7. The second-order valence-electron chi connectivity index (χ2n) is 8.36. The zero-order valence-electron chi connectivity index (χ0n) is 17.2. The maximum Gasteiger partial charge on any atom is 0.241 e. The van der Waals surface area contributed by atoms with E-state index in [9.17, 15) is 0 Å². The molecule has 0 bridgehead atoms. The molecule has 4 heteroatoms. The van der Waals surface area contributed by atoms with Crippen molar-refractivity contribution in [3.8, 4) is 0 Å². The highest BCUT2D eigenvalue weighted by molar-refractivity contribution is 6.70. The van der Waals surface area contributed by atoms with Crippen LogP contribution in [0.5, 0.6) is 0 Å². The fourth-order valence-corrected chi connectivity index (χ4v) is 3.49. The van der Waals surface area contributed by atoms with E-state index in [2.05, 4.69) is 57.8 Å². The van der Waals surface area contributed by atoms with Crippen molar-refractivity contribution in [3.05, 3.63) is 83.8 Å². The van der Waals surface area contributed by atoms with E-state index in [0.717, 1.165) is 11.3 Å². The molecule has 2 aromatic rings. The van der Waals surface area contributed by atoms with Gasteiger partial charge in [-0.25, -0.2) is 0 Å². The van der Waals surface area contributed by atoms with Crippen LogP contribution in [0, 0.1) is 5.41 Å². The maximum absolute atomic E-state index is 6.34. The second kappa shape index (κ2) is 9.77. The molecule has 0 atom stereocenters. The van der Waals surface area contributed by atoms with Gasteiger partial charge in [-0.05, 0) is 30.8 Å². The van der Waals surface area contributed by atoms with Crippen LogP contribution in [-0.4, -0.2) is 14.9 Å². The Morgan fingerprint density at radius 2 is 1.37 bits per heavy atom. The summed E-state index contributed by atoms with van der Waals surface area (Å²) in [6, 6.07) is 20.4. The summed E-state index contributed by atoms with van der Waals surface area (Å²) >= 11 is 0. The topological polar surface area (TPSA) is 27.7 Å². The number of hydrogen-bond acceptors (Lipinski definition) is 3.